The van der Waals surface area contributed by atoms with E-state index in [0.29, 0.717) is 0 Å². The molecule has 0 fully saturated rings. The fourth-order valence-corrected chi connectivity index (χ4v) is 7.06. The van der Waals surface area contributed by atoms with Crippen molar-refractivity contribution in [2.24, 2.45) is 0 Å². The molecule has 2 heteroatoms. The van der Waals surface area contributed by atoms with Crippen LogP contribution in [0.5, 0.6) is 0 Å². The maximum absolute atomic E-state index is 2.54. The lowest BCUT2D eigenvalue weighted by Crippen LogP contribution is -2.26. The number of benzene rings is 4. The summed E-state index contributed by atoms with van der Waals surface area (Å²) in [6.45, 7) is 4.63. The predicted octanol–water partition coefficient (Wildman–Crippen LogP) is 12.0. The molecule has 0 heterocycles. The van der Waals surface area contributed by atoms with Crippen molar-refractivity contribution in [3.63, 3.8) is 0 Å². The first kappa shape index (κ1) is 28.0. The number of nitrogens with zero attached hydrogens (tertiary/aromatic N) is 1. The molecular weight excluding hydrogens is 585 g/mol. The molecule has 1 aliphatic rings. The van der Waals surface area contributed by atoms with Crippen LogP contribution in [0.4, 0.5) is 17.1 Å². The van der Waals surface area contributed by atoms with Gasteiger partial charge in [0, 0.05) is 26.0 Å². The Labute approximate surface area is 249 Å². The third-order valence-electron chi connectivity index (χ3n) is 8.51. The summed E-state index contributed by atoms with van der Waals surface area (Å²) < 4.78 is 1.35. The van der Waals surface area contributed by atoms with Gasteiger partial charge in [0.05, 0.1) is 0 Å². The number of fused-ring (bicyclic) bond motifs is 3. The highest BCUT2D eigenvalue weighted by atomic mass is 127. The average molecular weight is 628 g/mol. The van der Waals surface area contributed by atoms with Crippen LogP contribution in [0.3, 0.4) is 0 Å². The standard InChI is InChI=1S/C37H42IN/c1-3-5-7-15-25-37(26-16-8-6-4-2)35-27-29(38)21-23-33(35)34-24-22-32(28-36(34)37)39(30-17-11-9-12-18-30)31-19-13-10-14-20-31/h9-14,17-24,27-28H,3-8,15-16,25-26H2,1-2H3. The zero-order chi connectivity index (χ0) is 27.1. The van der Waals surface area contributed by atoms with Crippen LogP contribution < -0.4 is 4.90 Å². The molecule has 0 amide bonds. The van der Waals surface area contributed by atoms with Crippen molar-refractivity contribution in [3.05, 3.63) is 112 Å². The second-order valence-electron chi connectivity index (χ2n) is 11.1. The van der Waals surface area contributed by atoms with Gasteiger partial charge in [0.15, 0.2) is 0 Å². The monoisotopic (exact) mass is 627 g/mol. The summed E-state index contributed by atoms with van der Waals surface area (Å²) in [5, 5.41) is 0. The minimum Gasteiger partial charge on any atom is -0.310 e. The largest absolute Gasteiger partial charge is 0.310 e. The number of hydrogen-bond acceptors (Lipinski definition) is 1. The van der Waals surface area contributed by atoms with Crippen LogP contribution in [-0.2, 0) is 5.41 Å². The Bertz CT molecular complexity index is 1290. The molecular formula is C37H42IN. The first-order valence-corrected chi connectivity index (χ1v) is 16.1. The average Bonchev–Trinajstić information content (AvgIpc) is 3.23. The van der Waals surface area contributed by atoms with Crippen molar-refractivity contribution >= 4 is 39.7 Å². The highest BCUT2D eigenvalue weighted by Gasteiger charge is 2.42. The minimum atomic E-state index is 0.0857. The molecule has 0 spiro atoms. The summed E-state index contributed by atoms with van der Waals surface area (Å²) in [6, 6.07) is 36.1. The van der Waals surface area contributed by atoms with E-state index in [1.165, 1.54) is 96.0 Å². The molecule has 0 saturated carbocycles. The molecule has 4 aromatic rings. The lowest BCUT2D eigenvalue weighted by molar-refractivity contribution is 0.401. The van der Waals surface area contributed by atoms with Gasteiger partial charge in [-0.15, -0.1) is 0 Å². The molecule has 1 aliphatic carbocycles. The van der Waals surface area contributed by atoms with Gasteiger partial charge in [-0.2, -0.15) is 0 Å². The molecule has 0 unspecified atom stereocenters. The minimum absolute atomic E-state index is 0.0857. The summed E-state index contributed by atoms with van der Waals surface area (Å²) in [5.41, 5.74) is 9.74. The third-order valence-corrected chi connectivity index (χ3v) is 9.18. The summed E-state index contributed by atoms with van der Waals surface area (Å²) in [7, 11) is 0. The van der Waals surface area contributed by atoms with E-state index in [1.807, 2.05) is 0 Å². The lowest BCUT2D eigenvalue weighted by Gasteiger charge is -2.34. The highest BCUT2D eigenvalue weighted by molar-refractivity contribution is 14.1. The second kappa shape index (κ2) is 13.2. The van der Waals surface area contributed by atoms with Crippen molar-refractivity contribution in [1.82, 2.24) is 0 Å². The Hall–Kier alpha value is -2.59. The van der Waals surface area contributed by atoms with Crippen molar-refractivity contribution in [3.8, 4) is 11.1 Å². The number of hydrogen-bond donors (Lipinski definition) is 0. The molecule has 0 aromatic heterocycles. The smallest absolute Gasteiger partial charge is 0.0465 e. The summed E-state index contributed by atoms with van der Waals surface area (Å²) in [6.07, 6.45) is 12.9. The van der Waals surface area contributed by atoms with E-state index in [2.05, 4.69) is 138 Å². The third kappa shape index (κ3) is 5.96. The van der Waals surface area contributed by atoms with Crippen molar-refractivity contribution in [2.75, 3.05) is 4.90 Å². The normalized spacial score (nSPS) is 13.2. The van der Waals surface area contributed by atoms with Crippen LogP contribution in [0, 0.1) is 3.57 Å². The number of rotatable bonds is 13. The van der Waals surface area contributed by atoms with Gasteiger partial charge in [0.2, 0.25) is 0 Å². The van der Waals surface area contributed by atoms with Crippen molar-refractivity contribution in [1.29, 1.82) is 0 Å². The molecule has 0 atom stereocenters. The number of anilines is 3. The Balaban J connectivity index is 1.65. The van der Waals surface area contributed by atoms with E-state index in [9.17, 15) is 0 Å². The van der Waals surface area contributed by atoms with Crippen LogP contribution >= 0.6 is 22.6 Å². The van der Waals surface area contributed by atoms with E-state index in [-0.39, 0.29) is 5.41 Å². The molecule has 0 N–H and O–H groups in total. The van der Waals surface area contributed by atoms with Crippen molar-refractivity contribution in [2.45, 2.75) is 83.5 Å². The molecule has 0 bridgehead atoms. The number of para-hydroxylation sites is 2. The topological polar surface area (TPSA) is 3.24 Å². The van der Waals surface area contributed by atoms with Gasteiger partial charge in [-0.05, 0) is 106 Å². The van der Waals surface area contributed by atoms with Crippen LogP contribution in [0.2, 0.25) is 0 Å². The molecule has 0 saturated heterocycles. The second-order valence-corrected chi connectivity index (χ2v) is 12.4. The van der Waals surface area contributed by atoms with Crippen molar-refractivity contribution < 1.29 is 0 Å². The van der Waals surface area contributed by atoms with Gasteiger partial charge in [-0.25, -0.2) is 0 Å². The Morgan fingerprint density at radius 1 is 0.538 bits per heavy atom. The summed E-state index contributed by atoms with van der Waals surface area (Å²) in [4.78, 5) is 2.42. The van der Waals surface area contributed by atoms with Gasteiger partial charge in [0.1, 0.15) is 0 Å². The van der Waals surface area contributed by atoms with Crippen LogP contribution in [0.25, 0.3) is 11.1 Å². The summed E-state index contributed by atoms with van der Waals surface area (Å²) >= 11 is 2.52. The quantitative estimate of drug-likeness (QED) is 0.105. The van der Waals surface area contributed by atoms with Gasteiger partial charge in [-0.1, -0.05) is 114 Å². The molecule has 5 rings (SSSR count). The molecule has 0 radical (unpaired) electrons. The van der Waals surface area contributed by atoms with Gasteiger partial charge >= 0.3 is 0 Å². The maximum Gasteiger partial charge on any atom is 0.0465 e. The number of unbranched alkanes of at least 4 members (excludes halogenated alkanes) is 6. The van der Waals surface area contributed by atoms with E-state index in [0.717, 1.165) is 0 Å². The van der Waals surface area contributed by atoms with E-state index < -0.39 is 0 Å². The zero-order valence-electron chi connectivity index (χ0n) is 23.6. The molecule has 1 nitrogen and oxygen atoms in total. The maximum atomic E-state index is 2.54. The molecule has 202 valence electrons. The fraction of sp³-hybridized carbons (Fsp3) is 0.351. The van der Waals surface area contributed by atoms with E-state index >= 15 is 0 Å². The molecule has 0 aliphatic heterocycles. The highest BCUT2D eigenvalue weighted by Crippen LogP contribution is 2.55. The van der Waals surface area contributed by atoms with E-state index in [1.54, 1.807) is 11.1 Å². The van der Waals surface area contributed by atoms with Gasteiger partial charge in [0.25, 0.3) is 0 Å². The van der Waals surface area contributed by atoms with E-state index in [4.69, 9.17) is 0 Å². The zero-order valence-corrected chi connectivity index (χ0v) is 25.8. The lowest BCUT2D eigenvalue weighted by atomic mass is 9.70. The Morgan fingerprint density at radius 2 is 1.05 bits per heavy atom. The first-order valence-electron chi connectivity index (χ1n) is 15.0. The van der Waals surface area contributed by atoms with Crippen LogP contribution in [0.15, 0.2) is 97.1 Å². The molecule has 4 aromatic carbocycles. The first-order chi connectivity index (χ1) is 19.2. The Kier molecular flexibility index (Phi) is 9.45. The van der Waals surface area contributed by atoms with Crippen LogP contribution in [-0.4, -0.2) is 0 Å². The number of halogens is 1. The van der Waals surface area contributed by atoms with Gasteiger partial charge < -0.3 is 4.90 Å². The van der Waals surface area contributed by atoms with Gasteiger partial charge in [-0.3, -0.25) is 0 Å². The molecule has 39 heavy (non-hydrogen) atoms. The predicted molar refractivity (Wildman–Crippen MR) is 178 cm³/mol. The fourth-order valence-electron chi connectivity index (χ4n) is 6.57. The Morgan fingerprint density at radius 3 is 1.59 bits per heavy atom. The SMILES string of the molecule is CCCCCCC1(CCCCCC)c2cc(I)ccc2-c2ccc(N(c3ccccc3)c3ccccc3)cc21. The van der Waals surface area contributed by atoms with Crippen LogP contribution in [0.1, 0.15) is 89.2 Å². The summed E-state index contributed by atoms with van der Waals surface area (Å²) in [5.74, 6) is 0.